The average Bonchev–Trinajstić information content (AvgIpc) is 2.90. The molecule has 2 N–H and O–H groups in total. The lowest BCUT2D eigenvalue weighted by molar-refractivity contribution is -0.116. The molecule has 0 aliphatic carbocycles. The fraction of sp³-hybridized carbons (Fsp3) is 0.400. The molecular formula is C15H20N4OS. The van der Waals surface area contributed by atoms with Gasteiger partial charge in [0.05, 0.1) is 0 Å². The summed E-state index contributed by atoms with van der Waals surface area (Å²) in [5.41, 5.74) is 3.25. The van der Waals surface area contributed by atoms with Crippen LogP contribution in [0.25, 0.3) is 0 Å². The van der Waals surface area contributed by atoms with Crippen molar-refractivity contribution in [2.75, 3.05) is 10.6 Å². The van der Waals surface area contributed by atoms with E-state index in [4.69, 9.17) is 0 Å². The summed E-state index contributed by atoms with van der Waals surface area (Å²) in [6.45, 7) is 7.89. The lowest BCUT2D eigenvalue weighted by Crippen LogP contribution is -2.32. The van der Waals surface area contributed by atoms with Crippen LogP contribution in [0.1, 0.15) is 30.0 Å². The summed E-state index contributed by atoms with van der Waals surface area (Å²) in [4.78, 5) is 12.2. The van der Waals surface area contributed by atoms with Crippen molar-refractivity contribution in [1.29, 1.82) is 0 Å². The lowest BCUT2D eigenvalue weighted by Gasteiger charge is -2.16. The molecule has 5 nitrogen and oxygen atoms in total. The molecule has 1 aromatic heterocycles. The van der Waals surface area contributed by atoms with Gasteiger partial charge in [0.2, 0.25) is 11.0 Å². The van der Waals surface area contributed by atoms with Gasteiger partial charge in [-0.05, 0) is 44.4 Å². The summed E-state index contributed by atoms with van der Waals surface area (Å²) in [5, 5.41) is 15.4. The number of anilines is 2. The van der Waals surface area contributed by atoms with Crippen molar-refractivity contribution < 1.29 is 4.79 Å². The van der Waals surface area contributed by atoms with Gasteiger partial charge in [-0.2, -0.15) is 0 Å². The van der Waals surface area contributed by atoms with E-state index in [-0.39, 0.29) is 11.9 Å². The maximum Gasteiger partial charge on any atom is 0.248 e. The molecule has 0 radical (unpaired) electrons. The number of aryl methyl sites for hydroxylation is 3. The number of carbonyl (C=O) groups is 1. The Morgan fingerprint density at radius 2 is 2.10 bits per heavy atom. The predicted octanol–water partition coefficient (Wildman–Crippen LogP) is 3.16. The van der Waals surface area contributed by atoms with Gasteiger partial charge < -0.3 is 5.32 Å². The molecule has 0 saturated heterocycles. The summed E-state index contributed by atoms with van der Waals surface area (Å²) in [6.07, 6.45) is 0.823. The number of nitrogens with one attached hydrogen (secondary N) is 2. The summed E-state index contributed by atoms with van der Waals surface area (Å²) in [5.74, 6) is -0.116. The Labute approximate surface area is 128 Å². The number of hydrogen-bond acceptors (Lipinski definition) is 5. The zero-order valence-corrected chi connectivity index (χ0v) is 13.5. The Bertz CT molecular complexity index is 638. The number of benzene rings is 1. The molecule has 0 saturated carbocycles. The van der Waals surface area contributed by atoms with Gasteiger partial charge in [0.1, 0.15) is 11.0 Å². The number of rotatable bonds is 5. The molecule has 0 aliphatic rings. The van der Waals surface area contributed by atoms with Crippen molar-refractivity contribution in [2.45, 2.75) is 40.2 Å². The molecule has 112 valence electrons. The van der Waals surface area contributed by atoms with E-state index in [2.05, 4.69) is 26.9 Å². The topological polar surface area (TPSA) is 66.9 Å². The minimum atomic E-state index is -0.348. The molecule has 0 spiro atoms. The highest BCUT2D eigenvalue weighted by Crippen LogP contribution is 2.19. The second-order valence-corrected chi connectivity index (χ2v) is 6.09. The van der Waals surface area contributed by atoms with E-state index in [1.165, 1.54) is 11.3 Å². The summed E-state index contributed by atoms with van der Waals surface area (Å²) < 4.78 is 0. The first-order valence-corrected chi connectivity index (χ1v) is 7.78. The summed E-state index contributed by atoms with van der Waals surface area (Å²) in [7, 11) is 0. The van der Waals surface area contributed by atoms with Gasteiger partial charge in [-0.25, -0.2) is 0 Å². The molecule has 0 fully saturated rings. The van der Waals surface area contributed by atoms with Gasteiger partial charge in [-0.1, -0.05) is 30.4 Å². The van der Waals surface area contributed by atoms with Crippen LogP contribution in [-0.4, -0.2) is 22.1 Å². The van der Waals surface area contributed by atoms with Crippen LogP contribution >= 0.6 is 11.3 Å². The monoisotopic (exact) mass is 304 g/mol. The standard InChI is InChI=1S/C15H20N4OS/c1-5-13-18-19-15(21-13)17-14(20)11(4)16-12-8-9(2)6-7-10(12)3/h6-8,11,16H,5H2,1-4H3,(H,17,19,20)/t11-/m1/s1. The second-order valence-electron chi connectivity index (χ2n) is 5.03. The first-order chi connectivity index (χ1) is 9.99. The molecule has 1 heterocycles. The average molecular weight is 304 g/mol. The van der Waals surface area contributed by atoms with Crippen LogP contribution in [0, 0.1) is 13.8 Å². The second kappa shape index (κ2) is 6.67. The Morgan fingerprint density at radius 3 is 2.76 bits per heavy atom. The van der Waals surface area contributed by atoms with Gasteiger partial charge in [0, 0.05) is 5.69 Å². The van der Waals surface area contributed by atoms with Crippen LogP contribution in [0.4, 0.5) is 10.8 Å². The van der Waals surface area contributed by atoms with E-state index >= 15 is 0 Å². The maximum atomic E-state index is 12.2. The first kappa shape index (κ1) is 15.4. The van der Waals surface area contributed by atoms with E-state index in [9.17, 15) is 4.79 Å². The molecule has 21 heavy (non-hydrogen) atoms. The quantitative estimate of drug-likeness (QED) is 0.890. The molecule has 1 amide bonds. The van der Waals surface area contributed by atoms with E-state index in [0.29, 0.717) is 5.13 Å². The molecule has 1 atom stereocenters. The normalized spacial score (nSPS) is 12.0. The smallest absolute Gasteiger partial charge is 0.248 e. The Hall–Kier alpha value is -1.95. The SMILES string of the molecule is CCc1nnc(NC(=O)[C@@H](C)Nc2cc(C)ccc2C)s1. The van der Waals surface area contributed by atoms with E-state index in [0.717, 1.165) is 28.2 Å². The zero-order valence-electron chi connectivity index (χ0n) is 12.7. The number of aromatic nitrogens is 2. The van der Waals surface area contributed by atoms with Crippen LogP contribution in [0.3, 0.4) is 0 Å². The van der Waals surface area contributed by atoms with Gasteiger partial charge in [0.15, 0.2) is 0 Å². The third-order valence-electron chi connectivity index (χ3n) is 3.16. The minimum Gasteiger partial charge on any atom is -0.374 e. The van der Waals surface area contributed by atoms with Crippen molar-refractivity contribution in [1.82, 2.24) is 10.2 Å². The molecule has 0 bridgehead atoms. The van der Waals surface area contributed by atoms with Crippen LogP contribution in [0.15, 0.2) is 18.2 Å². The highest BCUT2D eigenvalue weighted by Gasteiger charge is 2.15. The fourth-order valence-electron chi connectivity index (χ4n) is 1.85. The van der Waals surface area contributed by atoms with Gasteiger partial charge >= 0.3 is 0 Å². The van der Waals surface area contributed by atoms with Crippen LogP contribution in [0.5, 0.6) is 0 Å². The molecular weight excluding hydrogens is 284 g/mol. The Kier molecular flexibility index (Phi) is 4.90. The van der Waals surface area contributed by atoms with Crippen LogP contribution < -0.4 is 10.6 Å². The van der Waals surface area contributed by atoms with E-state index in [1.54, 1.807) is 0 Å². The van der Waals surface area contributed by atoms with Crippen LogP contribution in [-0.2, 0) is 11.2 Å². The highest BCUT2D eigenvalue weighted by atomic mass is 32.1. The van der Waals surface area contributed by atoms with E-state index < -0.39 is 0 Å². The minimum absolute atomic E-state index is 0.116. The van der Waals surface area contributed by atoms with Crippen molar-refractivity contribution in [3.8, 4) is 0 Å². The number of nitrogens with zero attached hydrogens (tertiary/aromatic N) is 2. The number of hydrogen-bond donors (Lipinski definition) is 2. The number of amides is 1. The predicted molar refractivity (Wildman–Crippen MR) is 86.9 cm³/mol. The summed E-state index contributed by atoms with van der Waals surface area (Å²) >= 11 is 1.41. The van der Waals surface area contributed by atoms with E-state index in [1.807, 2.05) is 39.8 Å². The molecule has 2 rings (SSSR count). The summed E-state index contributed by atoms with van der Waals surface area (Å²) in [6, 6.07) is 5.79. The third-order valence-corrected chi connectivity index (χ3v) is 4.14. The van der Waals surface area contributed by atoms with Crippen molar-refractivity contribution >= 4 is 28.1 Å². The van der Waals surface area contributed by atoms with Gasteiger partial charge in [-0.15, -0.1) is 10.2 Å². The molecule has 6 heteroatoms. The third kappa shape index (κ3) is 4.01. The van der Waals surface area contributed by atoms with Crippen LogP contribution in [0.2, 0.25) is 0 Å². The zero-order chi connectivity index (χ0) is 15.4. The lowest BCUT2D eigenvalue weighted by atomic mass is 10.1. The molecule has 0 unspecified atom stereocenters. The fourth-order valence-corrected chi connectivity index (χ4v) is 2.53. The highest BCUT2D eigenvalue weighted by molar-refractivity contribution is 7.15. The molecule has 1 aromatic carbocycles. The van der Waals surface area contributed by atoms with Crippen molar-refractivity contribution in [2.24, 2.45) is 0 Å². The number of carbonyl (C=O) groups excluding carboxylic acids is 1. The molecule has 2 aromatic rings. The Balaban J connectivity index is 2.00. The van der Waals surface area contributed by atoms with Crippen molar-refractivity contribution in [3.63, 3.8) is 0 Å². The first-order valence-electron chi connectivity index (χ1n) is 6.96. The van der Waals surface area contributed by atoms with Gasteiger partial charge in [0.25, 0.3) is 0 Å². The Morgan fingerprint density at radius 1 is 1.33 bits per heavy atom. The van der Waals surface area contributed by atoms with Crippen molar-refractivity contribution in [3.05, 3.63) is 34.3 Å². The molecule has 0 aliphatic heterocycles. The largest absolute Gasteiger partial charge is 0.374 e. The van der Waals surface area contributed by atoms with Gasteiger partial charge in [-0.3, -0.25) is 10.1 Å². The maximum absolute atomic E-state index is 12.2.